The van der Waals surface area contributed by atoms with Crippen molar-refractivity contribution in [3.05, 3.63) is 63.7 Å². The number of carbonyl (C=O) groups is 1. The van der Waals surface area contributed by atoms with Crippen LogP contribution < -0.4 is 5.32 Å². The first-order valence-electron chi connectivity index (χ1n) is 6.11. The molecule has 0 bridgehead atoms. The number of anilines is 1. The van der Waals surface area contributed by atoms with Gasteiger partial charge in [0, 0.05) is 11.9 Å². The zero-order valence-corrected chi connectivity index (χ0v) is 11.2. The van der Waals surface area contributed by atoms with E-state index in [1.165, 1.54) is 6.07 Å². The third-order valence-corrected chi connectivity index (χ3v) is 2.77. The van der Waals surface area contributed by atoms with E-state index >= 15 is 0 Å². The van der Waals surface area contributed by atoms with Crippen LogP contribution >= 0.6 is 0 Å². The number of nitro benzene ring substituents is 1. The summed E-state index contributed by atoms with van der Waals surface area (Å²) in [6.07, 6.45) is 1.59. The van der Waals surface area contributed by atoms with Crippen molar-refractivity contribution in [3.63, 3.8) is 0 Å². The van der Waals surface area contributed by atoms with Gasteiger partial charge in [0.1, 0.15) is 11.5 Å². The molecule has 0 radical (unpaired) electrons. The summed E-state index contributed by atoms with van der Waals surface area (Å²) < 4.78 is 13.0. The molecule has 0 aliphatic carbocycles. The van der Waals surface area contributed by atoms with Crippen molar-refractivity contribution in [2.45, 2.75) is 13.3 Å². The van der Waals surface area contributed by atoms with Crippen molar-refractivity contribution in [1.82, 2.24) is 4.98 Å². The predicted molar refractivity (Wildman–Crippen MR) is 74.4 cm³/mol. The van der Waals surface area contributed by atoms with Gasteiger partial charge in [0.15, 0.2) is 0 Å². The number of nitrogens with one attached hydrogen (secondary N) is 1. The molecule has 1 aromatic heterocycles. The summed E-state index contributed by atoms with van der Waals surface area (Å²) in [6, 6.07) is 6.50. The van der Waals surface area contributed by atoms with Gasteiger partial charge in [-0.2, -0.15) is 0 Å². The average Bonchev–Trinajstić information content (AvgIpc) is 2.43. The lowest BCUT2D eigenvalue weighted by atomic mass is 10.2. The number of hydrogen-bond acceptors (Lipinski definition) is 4. The summed E-state index contributed by atoms with van der Waals surface area (Å²) in [5, 5.41) is 13.2. The van der Waals surface area contributed by atoms with E-state index in [4.69, 9.17) is 0 Å². The first-order chi connectivity index (χ1) is 9.95. The van der Waals surface area contributed by atoms with Gasteiger partial charge in [0.25, 0.3) is 5.69 Å². The molecule has 6 nitrogen and oxygen atoms in total. The van der Waals surface area contributed by atoms with Crippen LogP contribution in [0.15, 0.2) is 36.5 Å². The van der Waals surface area contributed by atoms with Gasteiger partial charge in [-0.05, 0) is 30.7 Å². The number of aromatic nitrogens is 1. The van der Waals surface area contributed by atoms with Crippen molar-refractivity contribution >= 4 is 17.3 Å². The molecule has 2 rings (SSSR count). The van der Waals surface area contributed by atoms with E-state index in [0.717, 1.165) is 17.8 Å². The molecule has 0 aliphatic heterocycles. The van der Waals surface area contributed by atoms with Gasteiger partial charge >= 0.3 is 0 Å². The molecule has 108 valence electrons. The maximum atomic E-state index is 13.0. The quantitative estimate of drug-likeness (QED) is 0.692. The number of pyridine rings is 1. The second-order valence-electron chi connectivity index (χ2n) is 4.45. The minimum atomic E-state index is -0.744. The predicted octanol–water partition coefficient (Wildman–Crippen LogP) is 2.62. The van der Waals surface area contributed by atoms with Crippen molar-refractivity contribution in [1.29, 1.82) is 0 Å². The zero-order chi connectivity index (χ0) is 15.4. The first kappa shape index (κ1) is 14.6. The van der Waals surface area contributed by atoms with Gasteiger partial charge < -0.3 is 5.32 Å². The van der Waals surface area contributed by atoms with Crippen LogP contribution in [0.1, 0.15) is 11.3 Å². The molecule has 1 heterocycles. The number of rotatable bonds is 4. The van der Waals surface area contributed by atoms with E-state index in [1.807, 2.05) is 6.92 Å². The number of benzene rings is 1. The number of nitrogens with zero attached hydrogens (tertiary/aromatic N) is 2. The lowest BCUT2D eigenvalue weighted by molar-refractivity contribution is -0.384. The molecule has 0 unspecified atom stereocenters. The van der Waals surface area contributed by atoms with Gasteiger partial charge in [0.05, 0.1) is 17.4 Å². The highest BCUT2D eigenvalue weighted by molar-refractivity contribution is 5.94. The summed E-state index contributed by atoms with van der Waals surface area (Å²) in [7, 11) is 0. The maximum Gasteiger partial charge on any atom is 0.295 e. The molecule has 0 fully saturated rings. The van der Waals surface area contributed by atoms with Crippen LogP contribution in [-0.4, -0.2) is 15.8 Å². The fraction of sp³-hybridized carbons (Fsp3) is 0.143. The van der Waals surface area contributed by atoms with E-state index < -0.39 is 22.3 Å². The molecular weight excluding hydrogens is 277 g/mol. The summed E-state index contributed by atoms with van der Waals surface area (Å²) in [5.74, 6) is -1.17. The highest BCUT2D eigenvalue weighted by Crippen LogP contribution is 2.25. The summed E-state index contributed by atoms with van der Waals surface area (Å²) in [6.45, 7) is 1.83. The van der Waals surface area contributed by atoms with Crippen molar-refractivity contribution in [2.75, 3.05) is 5.32 Å². The van der Waals surface area contributed by atoms with Gasteiger partial charge in [-0.15, -0.1) is 0 Å². The Kier molecular flexibility index (Phi) is 4.22. The monoisotopic (exact) mass is 289 g/mol. The smallest absolute Gasteiger partial charge is 0.295 e. The molecule has 7 heteroatoms. The maximum absolute atomic E-state index is 13.0. The Morgan fingerprint density at radius 1 is 1.38 bits per heavy atom. The Labute approximate surface area is 119 Å². The average molecular weight is 289 g/mol. The highest BCUT2D eigenvalue weighted by atomic mass is 19.1. The molecule has 2 aromatic rings. The summed E-state index contributed by atoms with van der Waals surface area (Å²) in [5.41, 5.74) is 0.994. The van der Waals surface area contributed by atoms with Crippen LogP contribution in [0, 0.1) is 22.9 Å². The number of aryl methyl sites for hydroxylation is 1. The van der Waals surface area contributed by atoms with Gasteiger partial charge in [-0.25, -0.2) is 4.39 Å². The van der Waals surface area contributed by atoms with Crippen LogP contribution in [0.25, 0.3) is 0 Å². The molecular formula is C14H12FN3O3. The van der Waals surface area contributed by atoms with Crippen LogP contribution in [0.3, 0.4) is 0 Å². The van der Waals surface area contributed by atoms with Gasteiger partial charge in [-0.1, -0.05) is 6.07 Å². The molecule has 0 aliphatic rings. The van der Waals surface area contributed by atoms with Crippen LogP contribution in [-0.2, 0) is 11.2 Å². The second-order valence-corrected chi connectivity index (χ2v) is 4.45. The molecule has 21 heavy (non-hydrogen) atoms. The van der Waals surface area contributed by atoms with E-state index in [0.29, 0.717) is 5.56 Å². The second kappa shape index (κ2) is 6.08. The minimum absolute atomic E-state index is 0.0296. The third-order valence-electron chi connectivity index (χ3n) is 2.77. The molecule has 0 saturated carbocycles. The molecule has 0 spiro atoms. The van der Waals surface area contributed by atoms with E-state index in [-0.39, 0.29) is 12.1 Å². The number of amides is 1. The summed E-state index contributed by atoms with van der Waals surface area (Å²) >= 11 is 0. The van der Waals surface area contributed by atoms with E-state index in [2.05, 4.69) is 10.3 Å². The Morgan fingerprint density at radius 2 is 2.14 bits per heavy atom. The lowest BCUT2D eigenvalue weighted by Crippen LogP contribution is -2.15. The molecule has 0 saturated heterocycles. The molecule has 1 N–H and O–H groups in total. The Hall–Kier alpha value is -2.83. The minimum Gasteiger partial charge on any atom is -0.320 e. The standard InChI is InChI=1S/C14H12FN3O3/c1-9-2-3-10(8-16-9)6-14(19)17-12-5-4-11(15)7-13(12)18(20)21/h2-5,7-8H,6H2,1H3,(H,17,19). The topological polar surface area (TPSA) is 85.1 Å². The van der Waals surface area contributed by atoms with Gasteiger partial charge in [-0.3, -0.25) is 19.9 Å². The normalized spacial score (nSPS) is 10.2. The van der Waals surface area contributed by atoms with Crippen LogP contribution in [0.5, 0.6) is 0 Å². The first-order valence-corrected chi connectivity index (χ1v) is 6.11. The number of nitro groups is 1. The van der Waals surface area contributed by atoms with E-state index in [1.54, 1.807) is 18.3 Å². The van der Waals surface area contributed by atoms with Crippen LogP contribution in [0.2, 0.25) is 0 Å². The number of hydrogen-bond donors (Lipinski definition) is 1. The van der Waals surface area contributed by atoms with Crippen molar-refractivity contribution < 1.29 is 14.1 Å². The van der Waals surface area contributed by atoms with Gasteiger partial charge in [0.2, 0.25) is 5.91 Å². The highest BCUT2D eigenvalue weighted by Gasteiger charge is 2.17. The Balaban J connectivity index is 2.12. The lowest BCUT2D eigenvalue weighted by Gasteiger charge is -2.06. The summed E-state index contributed by atoms with van der Waals surface area (Å²) in [4.78, 5) is 26.0. The fourth-order valence-corrected chi connectivity index (χ4v) is 1.74. The largest absolute Gasteiger partial charge is 0.320 e. The zero-order valence-electron chi connectivity index (χ0n) is 11.2. The fourth-order valence-electron chi connectivity index (χ4n) is 1.74. The SMILES string of the molecule is Cc1ccc(CC(=O)Nc2ccc(F)cc2[N+](=O)[O-])cn1. The number of carbonyl (C=O) groups excluding carboxylic acids is 1. The van der Waals surface area contributed by atoms with E-state index in [9.17, 15) is 19.3 Å². The van der Waals surface area contributed by atoms with Crippen molar-refractivity contribution in [3.8, 4) is 0 Å². The Bertz CT molecular complexity index is 686. The Morgan fingerprint density at radius 3 is 2.76 bits per heavy atom. The van der Waals surface area contributed by atoms with Crippen molar-refractivity contribution in [2.24, 2.45) is 0 Å². The van der Waals surface area contributed by atoms with Crippen LogP contribution in [0.4, 0.5) is 15.8 Å². The molecule has 1 aromatic carbocycles. The molecule has 1 amide bonds. The molecule has 0 atom stereocenters. The third kappa shape index (κ3) is 3.82. The number of halogens is 1.